The first kappa shape index (κ1) is 18.2. The minimum Gasteiger partial charge on any atom is -0.356 e. The number of halogens is 2. The highest BCUT2D eigenvalue weighted by atomic mass is 35.5. The second-order valence-electron chi connectivity index (χ2n) is 5.09. The van der Waals surface area contributed by atoms with Gasteiger partial charge in [0.25, 0.3) is 0 Å². The highest BCUT2D eigenvalue weighted by molar-refractivity contribution is 6.41. The average Bonchev–Trinajstić information content (AvgIpc) is 3.11. The van der Waals surface area contributed by atoms with E-state index in [-0.39, 0.29) is 24.6 Å². The molecule has 0 saturated carbocycles. The van der Waals surface area contributed by atoms with Crippen molar-refractivity contribution in [3.8, 4) is 0 Å². The lowest BCUT2D eigenvalue weighted by molar-refractivity contribution is -0.385. The number of amides is 1. The van der Waals surface area contributed by atoms with Crippen LogP contribution in [-0.4, -0.2) is 36.9 Å². The number of aryl methyl sites for hydroxylation is 3. The highest BCUT2D eigenvalue weighted by Crippen LogP contribution is 2.24. The number of rotatable bonds is 8. The van der Waals surface area contributed by atoms with Crippen LogP contribution in [-0.2, 0) is 17.9 Å². The standard InChI is InChI=1S/C13H16Cl2N6O3/c1-9-12(14)13(15)20(18-9)5-2-4-16-11(22)3-6-19-8-10(7-17-19)21(23)24/h7-8H,2-6H2,1H3,(H,16,22). The Hall–Kier alpha value is -2.13. The largest absolute Gasteiger partial charge is 0.356 e. The molecule has 0 aliphatic carbocycles. The summed E-state index contributed by atoms with van der Waals surface area (Å²) in [5.41, 5.74) is 0.569. The van der Waals surface area contributed by atoms with Crippen LogP contribution in [0.2, 0.25) is 10.2 Å². The highest BCUT2D eigenvalue weighted by Gasteiger charge is 2.11. The van der Waals surface area contributed by atoms with Crippen LogP contribution in [0.1, 0.15) is 18.5 Å². The zero-order valence-corrected chi connectivity index (χ0v) is 14.4. The Morgan fingerprint density at radius 1 is 1.42 bits per heavy atom. The van der Waals surface area contributed by atoms with E-state index in [1.165, 1.54) is 10.9 Å². The molecule has 0 unspecified atom stereocenters. The van der Waals surface area contributed by atoms with Crippen molar-refractivity contribution in [2.75, 3.05) is 6.54 Å². The number of hydrogen-bond donors (Lipinski definition) is 1. The molecule has 0 fully saturated rings. The predicted molar refractivity (Wildman–Crippen MR) is 88.1 cm³/mol. The molecule has 130 valence electrons. The third-order valence-corrected chi connectivity index (χ3v) is 4.20. The van der Waals surface area contributed by atoms with Crippen LogP contribution in [0.15, 0.2) is 12.4 Å². The molecule has 1 N–H and O–H groups in total. The third kappa shape index (κ3) is 4.68. The van der Waals surface area contributed by atoms with Gasteiger partial charge in [0, 0.05) is 26.1 Å². The monoisotopic (exact) mass is 374 g/mol. The zero-order valence-electron chi connectivity index (χ0n) is 12.9. The fraction of sp³-hybridized carbons (Fsp3) is 0.462. The average molecular weight is 375 g/mol. The molecular weight excluding hydrogens is 359 g/mol. The topological polar surface area (TPSA) is 108 Å². The predicted octanol–water partition coefficient (Wildman–Crippen LogP) is 2.20. The van der Waals surface area contributed by atoms with Gasteiger partial charge in [-0.3, -0.25) is 24.3 Å². The summed E-state index contributed by atoms with van der Waals surface area (Å²) in [6.45, 7) is 3.05. The molecule has 2 heterocycles. The summed E-state index contributed by atoms with van der Waals surface area (Å²) in [5, 5.41) is 22.1. The summed E-state index contributed by atoms with van der Waals surface area (Å²) in [7, 11) is 0. The molecule has 2 rings (SSSR count). The van der Waals surface area contributed by atoms with Crippen molar-refractivity contribution in [3.05, 3.63) is 38.4 Å². The van der Waals surface area contributed by atoms with E-state index >= 15 is 0 Å². The van der Waals surface area contributed by atoms with Crippen molar-refractivity contribution in [2.45, 2.75) is 32.9 Å². The molecule has 0 saturated heterocycles. The number of carbonyl (C=O) groups excluding carboxylic acids is 1. The maximum Gasteiger partial charge on any atom is 0.306 e. The van der Waals surface area contributed by atoms with Crippen LogP contribution in [0.25, 0.3) is 0 Å². The zero-order chi connectivity index (χ0) is 17.7. The Balaban J connectivity index is 1.67. The molecule has 0 aromatic carbocycles. The van der Waals surface area contributed by atoms with E-state index < -0.39 is 4.92 Å². The second kappa shape index (κ2) is 8.11. The minimum absolute atomic E-state index is 0.0968. The van der Waals surface area contributed by atoms with E-state index in [0.717, 1.165) is 6.20 Å². The van der Waals surface area contributed by atoms with Crippen LogP contribution < -0.4 is 5.32 Å². The van der Waals surface area contributed by atoms with Gasteiger partial charge in [-0.25, -0.2) is 0 Å². The summed E-state index contributed by atoms with van der Waals surface area (Å²) in [4.78, 5) is 21.7. The Bertz CT molecular complexity index is 742. The lowest BCUT2D eigenvalue weighted by atomic mass is 10.3. The van der Waals surface area contributed by atoms with Crippen molar-refractivity contribution in [3.63, 3.8) is 0 Å². The van der Waals surface area contributed by atoms with E-state index in [4.69, 9.17) is 23.2 Å². The molecule has 2 aromatic heterocycles. The van der Waals surface area contributed by atoms with E-state index in [0.29, 0.717) is 35.4 Å². The first-order valence-corrected chi connectivity index (χ1v) is 7.96. The second-order valence-corrected chi connectivity index (χ2v) is 5.82. The van der Waals surface area contributed by atoms with E-state index in [2.05, 4.69) is 15.5 Å². The van der Waals surface area contributed by atoms with E-state index in [9.17, 15) is 14.9 Å². The quantitative estimate of drug-likeness (QED) is 0.432. The maximum atomic E-state index is 11.7. The van der Waals surface area contributed by atoms with Gasteiger partial charge >= 0.3 is 5.69 Å². The molecule has 24 heavy (non-hydrogen) atoms. The molecule has 9 nitrogen and oxygen atoms in total. The van der Waals surface area contributed by atoms with Crippen LogP contribution >= 0.6 is 23.2 Å². The van der Waals surface area contributed by atoms with Gasteiger partial charge in [0.15, 0.2) is 0 Å². The molecule has 0 bridgehead atoms. The lowest BCUT2D eigenvalue weighted by Gasteiger charge is -2.06. The molecule has 0 atom stereocenters. The van der Waals surface area contributed by atoms with Gasteiger partial charge in [0.2, 0.25) is 5.91 Å². The molecule has 0 aliphatic heterocycles. The first-order chi connectivity index (χ1) is 11.4. The number of hydrogen-bond acceptors (Lipinski definition) is 5. The number of nitrogens with zero attached hydrogens (tertiary/aromatic N) is 5. The summed E-state index contributed by atoms with van der Waals surface area (Å²) >= 11 is 12.0. The SMILES string of the molecule is Cc1nn(CCCNC(=O)CCn2cc([N+](=O)[O-])cn2)c(Cl)c1Cl. The van der Waals surface area contributed by atoms with Gasteiger partial charge < -0.3 is 5.32 Å². The van der Waals surface area contributed by atoms with Crippen LogP contribution in [0.4, 0.5) is 5.69 Å². The molecule has 2 aromatic rings. The Morgan fingerprint density at radius 2 is 2.17 bits per heavy atom. The molecule has 0 aliphatic rings. The summed E-state index contributed by atoms with van der Waals surface area (Å²) in [6.07, 6.45) is 3.28. The van der Waals surface area contributed by atoms with Crippen LogP contribution in [0.3, 0.4) is 0 Å². The molecule has 1 amide bonds. The van der Waals surface area contributed by atoms with Crippen molar-refractivity contribution in [1.82, 2.24) is 24.9 Å². The number of nitrogens with one attached hydrogen (secondary N) is 1. The maximum absolute atomic E-state index is 11.7. The van der Waals surface area contributed by atoms with Gasteiger partial charge in [0.1, 0.15) is 22.6 Å². The van der Waals surface area contributed by atoms with Gasteiger partial charge in [-0.1, -0.05) is 23.2 Å². The lowest BCUT2D eigenvalue weighted by Crippen LogP contribution is -2.26. The first-order valence-electron chi connectivity index (χ1n) is 7.20. The van der Waals surface area contributed by atoms with Gasteiger partial charge in [-0.2, -0.15) is 10.2 Å². The summed E-state index contributed by atoms with van der Waals surface area (Å²) < 4.78 is 2.96. The number of aromatic nitrogens is 4. The number of nitro groups is 1. The Morgan fingerprint density at radius 3 is 2.75 bits per heavy atom. The van der Waals surface area contributed by atoms with Crippen LogP contribution in [0.5, 0.6) is 0 Å². The van der Waals surface area contributed by atoms with Crippen molar-refractivity contribution in [1.29, 1.82) is 0 Å². The van der Waals surface area contributed by atoms with Crippen molar-refractivity contribution >= 4 is 34.8 Å². The Kier molecular flexibility index (Phi) is 6.16. The fourth-order valence-corrected chi connectivity index (χ4v) is 2.40. The van der Waals surface area contributed by atoms with Gasteiger partial charge in [-0.15, -0.1) is 0 Å². The normalized spacial score (nSPS) is 10.8. The van der Waals surface area contributed by atoms with Crippen LogP contribution in [0, 0.1) is 17.0 Å². The van der Waals surface area contributed by atoms with Gasteiger partial charge in [0.05, 0.1) is 10.6 Å². The van der Waals surface area contributed by atoms with Crippen molar-refractivity contribution in [2.24, 2.45) is 0 Å². The smallest absolute Gasteiger partial charge is 0.306 e. The molecule has 11 heteroatoms. The third-order valence-electron chi connectivity index (χ3n) is 3.26. The summed E-state index contributed by atoms with van der Waals surface area (Å²) in [5.74, 6) is -0.158. The van der Waals surface area contributed by atoms with Crippen molar-refractivity contribution < 1.29 is 9.72 Å². The molecular formula is C13H16Cl2N6O3. The van der Waals surface area contributed by atoms with E-state index in [1.807, 2.05) is 0 Å². The number of carbonyl (C=O) groups is 1. The van der Waals surface area contributed by atoms with E-state index in [1.54, 1.807) is 11.6 Å². The summed E-state index contributed by atoms with van der Waals surface area (Å²) in [6, 6.07) is 0. The minimum atomic E-state index is -0.530. The fourth-order valence-electron chi connectivity index (χ4n) is 2.01. The Labute approximate surface area is 147 Å². The van der Waals surface area contributed by atoms with Gasteiger partial charge in [-0.05, 0) is 13.3 Å². The molecule has 0 spiro atoms. The molecule has 0 radical (unpaired) electrons.